The van der Waals surface area contributed by atoms with Gasteiger partial charge in [0.15, 0.2) is 0 Å². The molecule has 64 heavy (non-hydrogen) atoms. The van der Waals surface area contributed by atoms with Crippen molar-refractivity contribution in [2.75, 3.05) is 0 Å². The van der Waals surface area contributed by atoms with Crippen LogP contribution in [0.25, 0.3) is 116 Å². The zero-order valence-corrected chi connectivity index (χ0v) is 35.5. The molecule has 0 radical (unpaired) electrons. The highest BCUT2D eigenvalue weighted by Crippen LogP contribution is 2.51. The molecule has 2 aromatic heterocycles. The van der Waals surface area contributed by atoms with E-state index >= 15 is 0 Å². The highest BCUT2D eigenvalue weighted by Gasteiger charge is 2.36. The first-order valence-electron chi connectivity index (χ1n) is 22.1. The van der Waals surface area contributed by atoms with Crippen molar-refractivity contribution in [2.45, 2.75) is 19.3 Å². The summed E-state index contributed by atoms with van der Waals surface area (Å²) >= 11 is 0. The fourth-order valence-electron chi connectivity index (χ4n) is 10.6. The number of nitrogens with zero attached hydrogens (tertiary/aromatic N) is 3. The highest BCUT2D eigenvalue weighted by atomic mass is 15.0. The maximum atomic E-state index is 5.22. The second kappa shape index (κ2) is 13.9. The van der Waals surface area contributed by atoms with Gasteiger partial charge in [-0.05, 0) is 109 Å². The number of aromatic nitrogens is 3. The fourth-order valence-corrected chi connectivity index (χ4v) is 10.6. The molecule has 10 aromatic carbocycles. The minimum absolute atomic E-state index is 0.168. The summed E-state index contributed by atoms with van der Waals surface area (Å²) in [4.78, 5) is 10.2. The predicted octanol–water partition coefficient (Wildman–Crippen LogP) is 16.0. The van der Waals surface area contributed by atoms with Crippen LogP contribution >= 0.6 is 0 Å². The summed E-state index contributed by atoms with van der Waals surface area (Å²) < 4.78 is 2.40. The Labute approximate surface area is 371 Å². The van der Waals surface area contributed by atoms with E-state index in [-0.39, 0.29) is 5.41 Å². The Morgan fingerprint density at radius 2 is 0.859 bits per heavy atom. The van der Waals surface area contributed by atoms with Crippen molar-refractivity contribution in [3.05, 3.63) is 224 Å². The maximum Gasteiger partial charge on any atom is 0.0979 e. The Morgan fingerprint density at radius 3 is 1.55 bits per heavy atom. The van der Waals surface area contributed by atoms with Crippen molar-refractivity contribution in [1.82, 2.24) is 14.5 Å². The van der Waals surface area contributed by atoms with Crippen molar-refractivity contribution < 1.29 is 0 Å². The molecule has 0 saturated carbocycles. The molecule has 2 heterocycles. The minimum Gasteiger partial charge on any atom is -0.309 e. The fraction of sp³-hybridized carbons (Fsp3) is 0.0492. The number of para-hydroxylation sites is 2. The average molecular weight is 816 g/mol. The number of benzene rings is 10. The molecular formula is C61H41N3. The molecule has 0 saturated heterocycles. The summed E-state index contributed by atoms with van der Waals surface area (Å²) in [5.41, 5.74) is 19.9. The third kappa shape index (κ3) is 5.54. The lowest BCUT2D eigenvalue weighted by Crippen LogP contribution is -2.15. The number of rotatable bonds is 5. The first kappa shape index (κ1) is 36.5. The van der Waals surface area contributed by atoms with E-state index in [1.165, 1.54) is 93.9 Å². The van der Waals surface area contributed by atoms with E-state index in [4.69, 9.17) is 9.97 Å². The molecule has 0 N–H and O–H groups in total. The molecule has 0 atom stereocenters. The first-order valence-corrected chi connectivity index (χ1v) is 22.1. The topological polar surface area (TPSA) is 30.7 Å². The Hall–Kier alpha value is -8.14. The molecular weight excluding hydrogens is 775 g/mol. The molecule has 0 fully saturated rings. The van der Waals surface area contributed by atoms with E-state index in [2.05, 4.69) is 225 Å². The van der Waals surface area contributed by atoms with Crippen LogP contribution < -0.4 is 0 Å². The van der Waals surface area contributed by atoms with Crippen molar-refractivity contribution in [1.29, 1.82) is 0 Å². The maximum absolute atomic E-state index is 5.22. The summed E-state index contributed by atoms with van der Waals surface area (Å²) in [5, 5.41) is 7.20. The van der Waals surface area contributed by atoms with Gasteiger partial charge in [-0.15, -0.1) is 0 Å². The van der Waals surface area contributed by atoms with Gasteiger partial charge >= 0.3 is 0 Å². The van der Waals surface area contributed by atoms with Crippen molar-refractivity contribution >= 4 is 54.4 Å². The monoisotopic (exact) mass is 815 g/mol. The molecule has 3 heteroatoms. The van der Waals surface area contributed by atoms with Crippen LogP contribution in [0.4, 0.5) is 0 Å². The van der Waals surface area contributed by atoms with Gasteiger partial charge in [0.25, 0.3) is 0 Å². The summed E-state index contributed by atoms with van der Waals surface area (Å²) in [6, 6.07) is 75.2. The van der Waals surface area contributed by atoms with Gasteiger partial charge in [-0.2, -0.15) is 0 Å². The molecule has 0 amide bonds. The third-order valence-electron chi connectivity index (χ3n) is 13.8. The zero-order valence-electron chi connectivity index (χ0n) is 35.5. The Morgan fingerprint density at radius 1 is 0.359 bits per heavy atom. The van der Waals surface area contributed by atoms with Gasteiger partial charge in [-0.3, -0.25) is 4.98 Å². The van der Waals surface area contributed by atoms with Gasteiger partial charge in [0.05, 0.1) is 34.0 Å². The standard InChI is InChI=1S/C61H41N3/c1-61(2)54-34-42(27-30-48(54)49-31-28-43(35-55(49)61)44-29-32-51-50-19-10-11-22-57(50)64(58(51)36-44)45-15-4-3-5-16-45)41-14-12-13-40(33-41)38-23-25-39(26-24-38)56-37-62-59-52-20-8-6-17-46(52)47-18-7-9-21-53(47)60(59)63-56/h3-37H,1-2H3. The van der Waals surface area contributed by atoms with Crippen LogP contribution in [0, 0.1) is 0 Å². The van der Waals surface area contributed by atoms with Gasteiger partial charge in [-0.25, -0.2) is 4.98 Å². The van der Waals surface area contributed by atoms with E-state index in [1.54, 1.807) is 0 Å². The Kier molecular flexibility index (Phi) is 7.95. The van der Waals surface area contributed by atoms with Crippen LogP contribution in [0.2, 0.25) is 0 Å². The van der Waals surface area contributed by atoms with Crippen LogP contribution in [0.1, 0.15) is 25.0 Å². The van der Waals surface area contributed by atoms with Crippen LogP contribution in [0.3, 0.4) is 0 Å². The zero-order chi connectivity index (χ0) is 42.5. The number of fused-ring (bicyclic) bond motifs is 12. The molecule has 3 nitrogen and oxygen atoms in total. The lowest BCUT2D eigenvalue weighted by atomic mass is 9.80. The highest BCUT2D eigenvalue weighted by molar-refractivity contribution is 6.23. The Bertz CT molecular complexity index is 3820. The smallest absolute Gasteiger partial charge is 0.0979 e. The van der Waals surface area contributed by atoms with Crippen LogP contribution in [-0.2, 0) is 5.41 Å². The van der Waals surface area contributed by atoms with Crippen molar-refractivity contribution in [3.8, 4) is 61.5 Å². The molecule has 300 valence electrons. The van der Waals surface area contributed by atoms with Crippen LogP contribution in [0.5, 0.6) is 0 Å². The van der Waals surface area contributed by atoms with E-state index < -0.39 is 0 Å². The molecule has 1 aliphatic rings. The van der Waals surface area contributed by atoms with Gasteiger partial charge in [-0.1, -0.05) is 178 Å². The molecule has 13 rings (SSSR count). The van der Waals surface area contributed by atoms with E-state index in [0.29, 0.717) is 0 Å². The minimum atomic E-state index is -0.168. The van der Waals surface area contributed by atoms with E-state index in [9.17, 15) is 0 Å². The van der Waals surface area contributed by atoms with E-state index in [1.807, 2.05) is 6.20 Å². The third-order valence-corrected chi connectivity index (χ3v) is 13.8. The van der Waals surface area contributed by atoms with E-state index in [0.717, 1.165) is 33.1 Å². The predicted molar refractivity (Wildman–Crippen MR) is 268 cm³/mol. The quantitative estimate of drug-likeness (QED) is 0.162. The summed E-state index contributed by atoms with van der Waals surface area (Å²) in [6.07, 6.45) is 1.92. The molecule has 1 aliphatic carbocycles. The summed E-state index contributed by atoms with van der Waals surface area (Å²) in [6.45, 7) is 4.76. The Balaban J connectivity index is 0.814. The SMILES string of the molecule is CC1(C)c2cc(-c3cccc(-c4ccc(-c5cnc6c7ccccc7c7ccccc7c6n5)cc4)c3)ccc2-c2ccc(-c3ccc4c5ccccc5n(-c5ccccc5)c4c3)cc21. The van der Waals surface area contributed by atoms with Gasteiger partial charge in [0.1, 0.15) is 0 Å². The number of hydrogen-bond acceptors (Lipinski definition) is 2. The average Bonchev–Trinajstić information content (AvgIpc) is 3.81. The molecule has 0 spiro atoms. The van der Waals surface area contributed by atoms with Crippen LogP contribution in [0.15, 0.2) is 212 Å². The van der Waals surface area contributed by atoms with Crippen molar-refractivity contribution in [3.63, 3.8) is 0 Å². The second-order valence-corrected chi connectivity index (χ2v) is 17.8. The molecule has 12 aromatic rings. The van der Waals surface area contributed by atoms with Gasteiger partial charge < -0.3 is 4.57 Å². The molecule has 0 unspecified atom stereocenters. The van der Waals surface area contributed by atoms with Gasteiger partial charge in [0.2, 0.25) is 0 Å². The normalized spacial score (nSPS) is 13.0. The lowest BCUT2D eigenvalue weighted by molar-refractivity contribution is 0.661. The molecule has 0 aliphatic heterocycles. The first-order chi connectivity index (χ1) is 31.5. The largest absolute Gasteiger partial charge is 0.309 e. The number of hydrogen-bond donors (Lipinski definition) is 0. The summed E-state index contributed by atoms with van der Waals surface area (Å²) in [5.74, 6) is 0. The molecule has 0 bridgehead atoms. The van der Waals surface area contributed by atoms with Crippen LogP contribution in [-0.4, -0.2) is 14.5 Å². The second-order valence-electron chi connectivity index (χ2n) is 17.8. The summed E-state index contributed by atoms with van der Waals surface area (Å²) in [7, 11) is 0. The van der Waals surface area contributed by atoms with Crippen molar-refractivity contribution in [2.24, 2.45) is 0 Å². The van der Waals surface area contributed by atoms with Gasteiger partial charge in [0, 0.05) is 38.2 Å². The lowest BCUT2D eigenvalue weighted by Gasteiger charge is -2.23.